The Morgan fingerprint density at radius 1 is 1.10 bits per heavy atom. The number of rotatable bonds is 7. The smallest absolute Gasteiger partial charge is 0.316 e. The number of carbonyl (C=O) groups is 2. The zero-order valence-corrected chi connectivity index (χ0v) is 13.8. The van der Waals surface area contributed by atoms with Crippen molar-refractivity contribution in [1.82, 2.24) is 0 Å². The van der Waals surface area contributed by atoms with Crippen molar-refractivity contribution in [3.63, 3.8) is 0 Å². The molecule has 3 heteroatoms. The number of Topliss-reactive ketones (excluding diaryl/α,β-unsaturated/α-hetero) is 1. The molecule has 1 atom stereocenters. The second kappa shape index (κ2) is 7.96. The average molecular weight is 290 g/mol. The fourth-order valence-electron chi connectivity index (χ4n) is 2.75. The number of esters is 1. The third-order valence-corrected chi connectivity index (χ3v) is 3.66. The van der Waals surface area contributed by atoms with Crippen LogP contribution in [0.3, 0.4) is 0 Å². The first-order valence-corrected chi connectivity index (χ1v) is 7.71. The summed E-state index contributed by atoms with van der Waals surface area (Å²) in [4.78, 5) is 24.9. The number of aryl methyl sites for hydroxylation is 3. The van der Waals surface area contributed by atoms with E-state index >= 15 is 0 Å². The van der Waals surface area contributed by atoms with Crippen molar-refractivity contribution in [2.75, 3.05) is 6.61 Å². The number of benzene rings is 1. The molecule has 0 heterocycles. The highest BCUT2D eigenvalue weighted by Gasteiger charge is 2.30. The predicted octanol–water partition coefficient (Wildman–Crippen LogP) is 4.16. The Morgan fingerprint density at radius 3 is 2.14 bits per heavy atom. The second-order valence-corrected chi connectivity index (χ2v) is 5.58. The Morgan fingerprint density at radius 2 is 1.67 bits per heavy atom. The van der Waals surface area contributed by atoms with Crippen molar-refractivity contribution in [3.05, 3.63) is 34.4 Å². The molecule has 1 unspecified atom stereocenters. The van der Waals surface area contributed by atoms with Crippen molar-refractivity contribution < 1.29 is 14.3 Å². The Balaban J connectivity index is 3.13. The van der Waals surface area contributed by atoms with Crippen LogP contribution in [0.4, 0.5) is 0 Å². The van der Waals surface area contributed by atoms with Gasteiger partial charge in [-0.15, -0.1) is 0 Å². The van der Waals surface area contributed by atoms with E-state index in [1.54, 1.807) is 6.92 Å². The van der Waals surface area contributed by atoms with E-state index in [1.807, 2.05) is 32.9 Å². The molecule has 3 nitrogen and oxygen atoms in total. The van der Waals surface area contributed by atoms with Gasteiger partial charge >= 0.3 is 5.97 Å². The van der Waals surface area contributed by atoms with Gasteiger partial charge in [0.25, 0.3) is 0 Å². The number of hydrogen-bond donors (Lipinski definition) is 0. The zero-order chi connectivity index (χ0) is 16.0. The maximum absolute atomic E-state index is 12.8. The summed E-state index contributed by atoms with van der Waals surface area (Å²) in [7, 11) is 0. The minimum atomic E-state index is -0.676. The molecule has 0 spiro atoms. The first-order valence-electron chi connectivity index (χ1n) is 7.71. The lowest BCUT2D eigenvalue weighted by Gasteiger charge is -2.17. The highest BCUT2D eigenvalue weighted by atomic mass is 16.5. The van der Waals surface area contributed by atoms with Crippen molar-refractivity contribution in [2.24, 2.45) is 5.92 Å². The van der Waals surface area contributed by atoms with Gasteiger partial charge in [0, 0.05) is 5.56 Å². The molecule has 1 rings (SSSR count). The van der Waals surface area contributed by atoms with E-state index < -0.39 is 11.9 Å². The van der Waals surface area contributed by atoms with Gasteiger partial charge < -0.3 is 4.74 Å². The summed E-state index contributed by atoms with van der Waals surface area (Å²) in [6.07, 6.45) is 2.36. The molecule has 0 amide bonds. The molecule has 0 aliphatic rings. The van der Waals surface area contributed by atoms with Gasteiger partial charge in [0.1, 0.15) is 5.92 Å². The minimum absolute atomic E-state index is 0.100. The highest BCUT2D eigenvalue weighted by molar-refractivity contribution is 6.10. The van der Waals surface area contributed by atoms with Crippen molar-refractivity contribution in [1.29, 1.82) is 0 Å². The van der Waals surface area contributed by atoms with E-state index in [0.29, 0.717) is 18.6 Å². The van der Waals surface area contributed by atoms with Crippen LogP contribution in [0.5, 0.6) is 0 Å². The van der Waals surface area contributed by atoms with Crippen LogP contribution in [-0.2, 0) is 9.53 Å². The van der Waals surface area contributed by atoms with Crippen LogP contribution in [0.25, 0.3) is 0 Å². The Hall–Kier alpha value is -1.64. The summed E-state index contributed by atoms with van der Waals surface area (Å²) in [5.41, 5.74) is 3.67. The molecule has 0 aliphatic heterocycles. The summed E-state index contributed by atoms with van der Waals surface area (Å²) in [6, 6.07) is 3.98. The number of ketones is 1. The van der Waals surface area contributed by atoms with E-state index in [2.05, 4.69) is 6.92 Å². The van der Waals surface area contributed by atoms with Crippen LogP contribution >= 0.6 is 0 Å². The van der Waals surface area contributed by atoms with Gasteiger partial charge in [0.15, 0.2) is 5.78 Å². The quantitative estimate of drug-likeness (QED) is 0.430. The second-order valence-electron chi connectivity index (χ2n) is 5.58. The molecule has 0 N–H and O–H groups in total. The van der Waals surface area contributed by atoms with Gasteiger partial charge in [-0.05, 0) is 45.2 Å². The van der Waals surface area contributed by atoms with Crippen LogP contribution in [0.1, 0.15) is 60.2 Å². The normalized spacial score (nSPS) is 12.0. The third-order valence-electron chi connectivity index (χ3n) is 3.66. The summed E-state index contributed by atoms with van der Waals surface area (Å²) in [5.74, 6) is -1.17. The number of unbranched alkanes of at least 4 members (excludes halogenated alkanes) is 1. The molecule has 0 saturated heterocycles. The van der Waals surface area contributed by atoms with Gasteiger partial charge in [-0.2, -0.15) is 0 Å². The lowest BCUT2D eigenvalue weighted by Crippen LogP contribution is -2.27. The number of hydrogen-bond acceptors (Lipinski definition) is 3. The van der Waals surface area contributed by atoms with Gasteiger partial charge in [-0.3, -0.25) is 9.59 Å². The molecule has 0 bridgehead atoms. The highest BCUT2D eigenvalue weighted by Crippen LogP contribution is 2.23. The monoisotopic (exact) mass is 290 g/mol. The topological polar surface area (TPSA) is 43.4 Å². The molecule has 0 radical (unpaired) electrons. The summed E-state index contributed by atoms with van der Waals surface area (Å²) in [6.45, 7) is 9.98. The third kappa shape index (κ3) is 4.42. The Labute approximate surface area is 127 Å². The zero-order valence-electron chi connectivity index (χ0n) is 13.8. The molecule has 0 aliphatic carbocycles. The van der Waals surface area contributed by atoms with Crippen LogP contribution in [0.15, 0.2) is 12.1 Å². The lowest BCUT2D eigenvalue weighted by molar-refractivity contribution is -0.146. The Bertz CT molecular complexity index is 494. The number of ether oxygens (including phenoxy) is 1. The lowest BCUT2D eigenvalue weighted by atomic mass is 9.87. The maximum Gasteiger partial charge on any atom is 0.316 e. The van der Waals surface area contributed by atoms with Crippen LogP contribution in [0, 0.1) is 26.7 Å². The molecule has 0 fully saturated rings. The molecule has 0 aromatic heterocycles. The van der Waals surface area contributed by atoms with Crippen LogP contribution in [0.2, 0.25) is 0 Å². The SMILES string of the molecule is CCCCC(C(=O)OCC)C(=O)c1c(C)cc(C)cc1C. The first-order chi connectivity index (χ1) is 9.92. The summed E-state index contributed by atoms with van der Waals surface area (Å²) < 4.78 is 5.09. The predicted molar refractivity (Wildman–Crippen MR) is 84.6 cm³/mol. The van der Waals surface area contributed by atoms with Crippen molar-refractivity contribution >= 4 is 11.8 Å². The average Bonchev–Trinajstić information content (AvgIpc) is 2.38. The molecule has 1 aromatic rings. The molecule has 0 saturated carbocycles. The Kier molecular flexibility index (Phi) is 6.60. The number of carbonyl (C=O) groups excluding carboxylic acids is 2. The van der Waals surface area contributed by atoms with Gasteiger partial charge in [0.2, 0.25) is 0 Å². The van der Waals surface area contributed by atoms with Gasteiger partial charge in [0.05, 0.1) is 6.61 Å². The summed E-state index contributed by atoms with van der Waals surface area (Å²) in [5, 5.41) is 0. The van der Waals surface area contributed by atoms with Gasteiger partial charge in [-0.1, -0.05) is 37.5 Å². The maximum atomic E-state index is 12.8. The first kappa shape index (κ1) is 17.4. The fraction of sp³-hybridized carbons (Fsp3) is 0.556. The molecule has 21 heavy (non-hydrogen) atoms. The minimum Gasteiger partial charge on any atom is -0.465 e. The van der Waals surface area contributed by atoms with E-state index in [-0.39, 0.29) is 5.78 Å². The van der Waals surface area contributed by atoms with Crippen LogP contribution < -0.4 is 0 Å². The van der Waals surface area contributed by atoms with Gasteiger partial charge in [-0.25, -0.2) is 0 Å². The molecule has 1 aromatic carbocycles. The standard InChI is InChI=1S/C18H26O3/c1-6-8-9-15(18(20)21-7-2)17(19)16-13(4)10-12(3)11-14(16)5/h10-11,15H,6-9H2,1-5H3. The summed E-state index contributed by atoms with van der Waals surface area (Å²) >= 11 is 0. The van der Waals surface area contributed by atoms with E-state index in [9.17, 15) is 9.59 Å². The van der Waals surface area contributed by atoms with E-state index in [1.165, 1.54) is 0 Å². The largest absolute Gasteiger partial charge is 0.465 e. The van der Waals surface area contributed by atoms with Crippen molar-refractivity contribution in [2.45, 2.75) is 53.9 Å². The molecule has 116 valence electrons. The van der Waals surface area contributed by atoms with E-state index in [4.69, 9.17) is 4.74 Å². The van der Waals surface area contributed by atoms with E-state index in [0.717, 1.165) is 29.5 Å². The van der Waals surface area contributed by atoms with Crippen molar-refractivity contribution in [3.8, 4) is 0 Å². The fourth-order valence-corrected chi connectivity index (χ4v) is 2.75. The molecular formula is C18H26O3. The van der Waals surface area contributed by atoms with Crippen LogP contribution in [-0.4, -0.2) is 18.4 Å². The molecular weight excluding hydrogens is 264 g/mol.